The minimum Gasteiger partial charge on any atom is -0.495 e. The molecule has 0 spiro atoms. The van der Waals surface area contributed by atoms with Crippen molar-refractivity contribution in [1.82, 2.24) is 10.2 Å². The molecule has 2 aromatic rings. The summed E-state index contributed by atoms with van der Waals surface area (Å²) >= 11 is 6.35. The van der Waals surface area contributed by atoms with Gasteiger partial charge in [-0.25, -0.2) is 8.42 Å². The Hall–Kier alpha value is -2.78. The molecule has 0 unspecified atom stereocenters. The molecule has 10 heteroatoms. The number of carbonyl (C=O) groups is 2. The first-order valence-corrected chi connectivity index (χ1v) is 13.6. The van der Waals surface area contributed by atoms with E-state index in [0.29, 0.717) is 22.8 Å². The van der Waals surface area contributed by atoms with Crippen molar-refractivity contribution < 1.29 is 22.7 Å². The summed E-state index contributed by atoms with van der Waals surface area (Å²) in [7, 11) is -2.44. The van der Waals surface area contributed by atoms with E-state index < -0.39 is 28.5 Å². The Morgan fingerprint density at radius 1 is 1.14 bits per heavy atom. The largest absolute Gasteiger partial charge is 0.495 e. The molecule has 0 aromatic heterocycles. The highest BCUT2D eigenvalue weighted by Gasteiger charge is 2.33. The first-order valence-electron chi connectivity index (χ1n) is 11.3. The van der Waals surface area contributed by atoms with Crippen molar-refractivity contribution in [3.8, 4) is 5.75 Å². The van der Waals surface area contributed by atoms with Gasteiger partial charge in [-0.05, 0) is 56.5 Å². The molecular formula is C25H34ClN3O5S. The molecule has 1 N–H and O–H groups in total. The van der Waals surface area contributed by atoms with E-state index >= 15 is 0 Å². The van der Waals surface area contributed by atoms with Crippen LogP contribution in [-0.4, -0.2) is 57.1 Å². The number of methoxy groups -OCH3 is 1. The lowest BCUT2D eigenvalue weighted by Gasteiger charge is -2.33. The monoisotopic (exact) mass is 523 g/mol. The summed E-state index contributed by atoms with van der Waals surface area (Å²) in [4.78, 5) is 28.1. The SMILES string of the molecule is CC[C@@H](C(=O)NC(C)C)N(Cc1ccccc1Cl)C(=O)CN(c1cc(C)ccc1OC)S(C)(=O)=O. The molecule has 0 aliphatic carbocycles. The fourth-order valence-electron chi connectivity index (χ4n) is 3.70. The van der Waals surface area contributed by atoms with Crippen LogP contribution in [0.2, 0.25) is 5.02 Å². The van der Waals surface area contributed by atoms with Crippen molar-refractivity contribution in [2.75, 3.05) is 24.2 Å². The Kier molecular flexibility index (Phi) is 9.97. The summed E-state index contributed by atoms with van der Waals surface area (Å²) in [5, 5.41) is 3.30. The second-order valence-corrected chi connectivity index (χ2v) is 11.0. The van der Waals surface area contributed by atoms with Gasteiger partial charge in [0.1, 0.15) is 18.3 Å². The maximum absolute atomic E-state index is 13.7. The Morgan fingerprint density at radius 3 is 2.34 bits per heavy atom. The van der Waals surface area contributed by atoms with Gasteiger partial charge in [0, 0.05) is 17.6 Å². The zero-order valence-corrected chi connectivity index (χ0v) is 22.6. The lowest BCUT2D eigenvalue weighted by Crippen LogP contribution is -2.53. The predicted molar refractivity (Wildman–Crippen MR) is 139 cm³/mol. The summed E-state index contributed by atoms with van der Waals surface area (Å²) in [5.41, 5.74) is 1.70. The minimum absolute atomic E-state index is 0.0467. The Balaban J connectivity index is 2.53. The quantitative estimate of drug-likeness (QED) is 0.484. The number of nitrogens with one attached hydrogen (secondary N) is 1. The van der Waals surface area contributed by atoms with Gasteiger partial charge in [-0.2, -0.15) is 0 Å². The van der Waals surface area contributed by atoms with Gasteiger partial charge < -0.3 is 15.0 Å². The second-order valence-electron chi connectivity index (χ2n) is 8.65. The number of carbonyl (C=O) groups excluding carboxylic acids is 2. The van der Waals surface area contributed by atoms with E-state index in [0.717, 1.165) is 16.1 Å². The van der Waals surface area contributed by atoms with Crippen molar-refractivity contribution >= 4 is 39.1 Å². The Morgan fingerprint density at radius 2 is 1.80 bits per heavy atom. The van der Waals surface area contributed by atoms with Crippen LogP contribution in [0.1, 0.15) is 38.3 Å². The molecule has 2 rings (SSSR count). The van der Waals surface area contributed by atoms with Crippen LogP contribution < -0.4 is 14.4 Å². The third-order valence-corrected chi connectivity index (χ3v) is 6.89. The van der Waals surface area contributed by atoms with Crippen LogP contribution >= 0.6 is 11.6 Å². The van der Waals surface area contributed by atoms with E-state index in [1.54, 1.807) is 49.4 Å². The summed E-state index contributed by atoms with van der Waals surface area (Å²) in [6.07, 6.45) is 1.37. The molecule has 0 aliphatic rings. The number of hydrogen-bond donors (Lipinski definition) is 1. The first kappa shape index (κ1) is 28.5. The molecule has 192 valence electrons. The van der Waals surface area contributed by atoms with Crippen LogP contribution in [0.25, 0.3) is 0 Å². The minimum atomic E-state index is -3.87. The average molecular weight is 524 g/mol. The van der Waals surface area contributed by atoms with Crippen LogP contribution in [0, 0.1) is 6.92 Å². The van der Waals surface area contributed by atoms with Crippen molar-refractivity contribution in [1.29, 1.82) is 0 Å². The molecule has 0 fully saturated rings. The zero-order chi connectivity index (χ0) is 26.3. The molecule has 2 aromatic carbocycles. The highest BCUT2D eigenvalue weighted by atomic mass is 35.5. The van der Waals surface area contributed by atoms with Crippen LogP contribution in [-0.2, 0) is 26.2 Å². The van der Waals surface area contributed by atoms with Crippen LogP contribution in [0.15, 0.2) is 42.5 Å². The molecule has 1 atom stereocenters. The average Bonchev–Trinajstić information content (AvgIpc) is 2.77. The number of ether oxygens (including phenoxy) is 1. The van der Waals surface area contributed by atoms with E-state index in [2.05, 4.69) is 5.32 Å². The number of anilines is 1. The van der Waals surface area contributed by atoms with E-state index in [4.69, 9.17) is 16.3 Å². The summed E-state index contributed by atoms with van der Waals surface area (Å²) < 4.78 is 32.0. The lowest BCUT2D eigenvalue weighted by atomic mass is 10.1. The van der Waals surface area contributed by atoms with Crippen molar-refractivity contribution in [3.63, 3.8) is 0 Å². The summed E-state index contributed by atoms with van der Waals surface area (Å²) in [6, 6.07) is 11.2. The number of aryl methyl sites for hydroxylation is 1. The summed E-state index contributed by atoms with van der Waals surface area (Å²) in [5.74, 6) is -0.539. The van der Waals surface area contributed by atoms with Gasteiger partial charge in [-0.3, -0.25) is 13.9 Å². The van der Waals surface area contributed by atoms with E-state index in [1.807, 2.05) is 20.8 Å². The van der Waals surface area contributed by atoms with E-state index in [-0.39, 0.29) is 24.2 Å². The van der Waals surface area contributed by atoms with Crippen LogP contribution in [0.4, 0.5) is 5.69 Å². The Labute approximate surface area is 213 Å². The standard InChI is InChI=1S/C25H34ClN3O5S/c1-7-21(25(31)27-17(2)3)28(15-19-10-8-9-11-20(19)26)24(30)16-29(35(6,32)33)22-14-18(4)12-13-23(22)34-5/h8-14,17,21H,7,15-16H2,1-6H3,(H,27,31)/t21-/m0/s1. The maximum Gasteiger partial charge on any atom is 0.244 e. The topological polar surface area (TPSA) is 96.0 Å². The zero-order valence-electron chi connectivity index (χ0n) is 21.0. The van der Waals surface area contributed by atoms with E-state index in [9.17, 15) is 18.0 Å². The third-order valence-electron chi connectivity index (χ3n) is 5.40. The second kappa shape index (κ2) is 12.3. The molecule has 0 saturated carbocycles. The predicted octanol–water partition coefficient (Wildman–Crippen LogP) is 3.76. The fourth-order valence-corrected chi connectivity index (χ4v) is 4.74. The molecular weight excluding hydrogens is 490 g/mol. The molecule has 35 heavy (non-hydrogen) atoms. The first-order chi connectivity index (χ1) is 16.4. The van der Waals surface area contributed by atoms with Gasteiger partial charge in [0.15, 0.2) is 0 Å². The van der Waals surface area contributed by atoms with E-state index in [1.165, 1.54) is 12.0 Å². The molecule has 0 heterocycles. The normalized spacial score (nSPS) is 12.2. The molecule has 8 nitrogen and oxygen atoms in total. The number of benzene rings is 2. The Bertz CT molecular complexity index is 1150. The molecule has 0 bridgehead atoms. The van der Waals surface area contributed by atoms with Gasteiger partial charge in [0.25, 0.3) is 0 Å². The number of halogens is 1. The number of sulfonamides is 1. The van der Waals surface area contributed by atoms with Gasteiger partial charge in [0.2, 0.25) is 21.8 Å². The molecule has 0 radical (unpaired) electrons. The highest BCUT2D eigenvalue weighted by Crippen LogP contribution is 2.31. The van der Waals surface area contributed by atoms with Crippen molar-refractivity contribution in [3.05, 3.63) is 58.6 Å². The third kappa shape index (κ3) is 7.60. The van der Waals surface area contributed by atoms with Crippen LogP contribution in [0.3, 0.4) is 0 Å². The van der Waals surface area contributed by atoms with Crippen molar-refractivity contribution in [2.24, 2.45) is 0 Å². The smallest absolute Gasteiger partial charge is 0.244 e. The number of amides is 2. The molecule has 2 amide bonds. The number of nitrogens with zero attached hydrogens (tertiary/aromatic N) is 2. The molecule has 0 aliphatic heterocycles. The fraction of sp³-hybridized carbons (Fsp3) is 0.440. The van der Waals surface area contributed by atoms with Crippen molar-refractivity contribution in [2.45, 2.75) is 52.7 Å². The summed E-state index contributed by atoms with van der Waals surface area (Å²) in [6.45, 7) is 6.83. The van der Waals surface area contributed by atoms with Gasteiger partial charge in [0.05, 0.1) is 19.1 Å². The van der Waals surface area contributed by atoms with Crippen LogP contribution in [0.5, 0.6) is 5.75 Å². The van der Waals surface area contributed by atoms with Gasteiger partial charge >= 0.3 is 0 Å². The number of hydrogen-bond acceptors (Lipinski definition) is 5. The highest BCUT2D eigenvalue weighted by molar-refractivity contribution is 7.92. The number of rotatable bonds is 11. The molecule has 0 saturated heterocycles. The lowest BCUT2D eigenvalue weighted by molar-refractivity contribution is -0.140. The maximum atomic E-state index is 13.7. The van der Waals surface area contributed by atoms with Gasteiger partial charge in [-0.15, -0.1) is 0 Å². The van der Waals surface area contributed by atoms with Gasteiger partial charge in [-0.1, -0.05) is 42.8 Å².